The van der Waals surface area contributed by atoms with Crippen LogP contribution in [-0.2, 0) is 4.79 Å². The van der Waals surface area contributed by atoms with Crippen LogP contribution in [-0.4, -0.2) is 48.7 Å². The molecule has 0 aromatic heterocycles. The normalized spacial score (nSPS) is 17.4. The number of carbonyl (C=O) groups excluding carboxylic acids is 1. The van der Waals surface area contributed by atoms with Crippen LogP contribution in [0.2, 0.25) is 0 Å². The molecule has 0 spiro atoms. The quantitative estimate of drug-likeness (QED) is 0.533. The van der Waals surface area contributed by atoms with Gasteiger partial charge in [-0.1, -0.05) is 0 Å². The van der Waals surface area contributed by atoms with E-state index in [1.54, 1.807) is 0 Å². The Balaban J connectivity index is 2.02. The highest BCUT2D eigenvalue weighted by molar-refractivity contribution is 5.78. The summed E-state index contributed by atoms with van der Waals surface area (Å²) in [5, 5.41) is 11.5. The Morgan fingerprint density at radius 2 is 2.33 bits per heavy atom. The van der Waals surface area contributed by atoms with Crippen LogP contribution in [0.1, 0.15) is 12.8 Å². The van der Waals surface area contributed by atoms with Gasteiger partial charge in [-0.05, 0) is 6.42 Å². The van der Waals surface area contributed by atoms with Gasteiger partial charge in [0.1, 0.15) is 0 Å². The third-order valence-corrected chi connectivity index (χ3v) is 2.02. The minimum Gasteiger partial charge on any atom is -0.395 e. The van der Waals surface area contributed by atoms with E-state index < -0.39 is 0 Å². The van der Waals surface area contributed by atoms with E-state index in [0.717, 1.165) is 26.1 Å². The number of nitrogens with one attached hydrogen (secondary N) is 1. The van der Waals surface area contributed by atoms with Gasteiger partial charge in [0.05, 0.1) is 6.61 Å². The summed E-state index contributed by atoms with van der Waals surface area (Å²) < 4.78 is 0. The molecule has 1 heterocycles. The summed E-state index contributed by atoms with van der Waals surface area (Å²) in [6.07, 6.45) is 1.71. The molecule has 0 atom stereocenters. The maximum absolute atomic E-state index is 11.1. The summed E-state index contributed by atoms with van der Waals surface area (Å²) >= 11 is 0. The average Bonchev–Trinajstić information content (AvgIpc) is 2.46. The first-order valence-corrected chi connectivity index (χ1v) is 4.44. The molecule has 4 heteroatoms. The first-order chi connectivity index (χ1) is 5.84. The molecule has 12 heavy (non-hydrogen) atoms. The Kier molecular flexibility index (Phi) is 4.04. The van der Waals surface area contributed by atoms with E-state index in [1.165, 1.54) is 0 Å². The van der Waals surface area contributed by atoms with Crippen molar-refractivity contribution < 1.29 is 9.90 Å². The summed E-state index contributed by atoms with van der Waals surface area (Å²) in [5.74, 6) is 0.265. The fourth-order valence-electron chi connectivity index (χ4n) is 1.36. The van der Waals surface area contributed by atoms with Gasteiger partial charge in [-0.15, -0.1) is 0 Å². The van der Waals surface area contributed by atoms with Crippen molar-refractivity contribution in [2.24, 2.45) is 0 Å². The maximum Gasteiger partial charge on any atom is 0.222 e. The van der Waals surface area contributed by atoms with Crippen LogP contribution >= 0.6 is 0 Å². The second-order valence-electron chi connectivity index (χ2n) is 2.96. The molecular weight excluding hydrogens is 156 g/mol. The third kappa shape index (κ3) is 2.79. The maximum atomic E-state index is 11.1. The molecular formula is C8H16N2O2. The molecule has 0 unspecified atom stereocenters. The van der Waals surface area contributed by atoms with E-state index >= 15 is 0 Å². The predicted octanol–water partition coefficient (Wildman–Crippen LogP) is -0.809. The minimum absolute atomic E-state index is 0.161. The lowest BCUT2D eigenvalue weighted by molar-refractivity contribution is -0.127. The Morgan fingerprint density at radius 3 is 2.92 bits per heavy atom. The van der Waals surface area contributed by atoms with E-state index in [1.807, 2.05) is 4.90 Å². The number of hydrogen-bond donors (Lipinski definition) is 2. The lowest BCUT2D eigenvalue weighted by atomic mass is 10.4. The number of likely N-dealkylation sites (tertiary alicyclic amines) is 1. The lowest BCUT2D eigenvalue weighted by Gasteiger charge is -2.15. The van der Waals surface area contributed by atoms with Gasteiger partial charge in [-0.2, -0.15) is 0 Å². The highest BCUT2D eigenvalue weighted by Crippen LogP contribution is 2.07. The highest BCUT2D eigenvalue weighted by Gasteiger charge is 2.18. The van der Waals surface area contributed by atoms with Gasteiger partial charge < -0.3 is 15.3 Å². The van der Waals surface area contributed by atoms with Crippen molar-refractivity contribution in [2.45, 2.75) is 12.8 Å². The highest BCUT2D eigenvalue weighted by atomic mass is 16.3. The van der Waals surface area contributed by atoms with Gasteiger partial charge in [0.2, 0.25) is 5.91 Å². The average molecular weight is 172 g/mol. The van der Waals surface area contributed by atoms with Gasteiger partial charge in [-0.3, -0.25) is 4.79 Å². The van der Waals surface area contributed by atoms with Crippen LogP contribution in [0.4, 0.5) is 0 Å². The molecule has 1 fully saturated rings. The molecule has 1 aliphatic rings. The zero-order chi connectivity index (χ0) is 8.81. The van der Waals surface area contributed by atoms with Crippen LogP contribution in [0.25, 0.3) is 0 Å². The van der Waals surface area contributed by atoms with E-state index in [-0.39, 0.29) is 12.5 Å². The van der Waals surface area contributed by atoms with Crippen LogP contribution in [0.3, 0.4) is 0 Å². The number of aliphatic hydroxyl groups is 1. The molecule has 0 radical (unpaired) electrons. The summed E-state index contributed by atoms with van der Waals surface area (Å²) in [6.45, 7) is 3.24. The lowest BCUT2D eigenvalue weighted by Crippen LogP contribution is -2.33. The zero-order valence-electron chi connectivity index (χ0n) is 7.25. The SMILES string of the molecule is O=C1CCCN1CCNCCO. The molecule has 1 rings (SSSR count). The Morgan fingerprint density at radius 1 is 1.50 bits per heavy atom. The van der Waals surface area contributed by atoms with Gasteiger partial charge in [0.15, 0.2) is 0 Å². The fraction of sp³-hybridized carbons (Fsp3) is 0.875. The first kappa shape index (κ1) is 9.48. The summed E-state index contributed by atoms with van der Waals surface area (Å²) in [7, 11) is 0. The number of aliphatic hydroxyl groups excluding tert-OH is 1. The molecule has 0 aromatic rings. The molecule has 0 bridgehead atoms. The number of amides is 1. The molecule has 1 saturated heterocycles. The summed E-state index contributed by atoms with van der Waals surface area (Å²) in [5.41, 5.74) is 0. The standard InChI is InChI=1S/C8H16N2O2/c11-7-4-9-3-6-10-5-1-2-8(10)12/h9,11H,1-7H2. The van der Waals surface area contributed by atoms with Crippen LogP contribution < -0.4 is 5.32 Å². The molecule has 70 valence electrons. The van der Waals surface area contributed by atoms with Crippen molar-refractivity contribution >= 4 is 5.91 Å². The Hall–Kier alpha value is -0.610. The van der Waals surface area contributed by atoms with E-state index in [9.17, 15) is 4.79 Å². The van der Waals surface area contributed by atoms with Crippen LogP contribution in [0.5, 0.6) is 0 Å². The van der Waals surface area contributed by atoms with Gasteiger partial charge in [0.25, 0.3) is 0 Å². The van der Waals surface area contributed by atoms with Crippen molar-refractivity contribution in [3.05, 3.63) is 0 Å². The monoisotopic (exact) mass is 172 g/mol. The van der Waals surface area contributed by atoms with Crippen molar-refractivity contribution in [2.75, 3.05) is 32.8 Å². The van der Waals surface area contributed by atoms with Crippen LogP contribution in [0, 0.1) is 0 Å². The van der Waals surface area contributed by atoms with E-state index in [0.29, 0.717) is 13.0 Å². The topological polar surface area (TPSA) is 52.6 Å². The molecule has 0 saturated carbocycles. The van der Waals surface area contributed by atoms with E-state index in [2.05, 4.69) is 5.32 Å². The van der Waals surface area contributed by atoms with E-state index in [4.69, 9.17) is 5.11 Å². The largest absolute Gasteiger partial charge is 0.395 e. The second-order valence-corrected chi connectivity index (χ2v) is 2.96. The predicted molar refractivity (Wildman–Crippen MR) is 45.8 cm³/mol. The number of hydrogen-bond acceptors (Lipinski definition) is 3. The second kappa shape index (κ2) is 5.11. The molecule has 2 N–H and O–H groups in total. The number of rotatable bonds is 5. The smallest absolute Gasteiger partial charge is 0.222 e. The van der Waals surface area contributed by atoms with Gasteiger partial charge >= 0.3 is 0 Å². The summed E-state index contributed by atoms with van der Waals surface area (Å²) in [6, 6.07) is 0. The van der Waals surface area contributed by atoms with Crippen molar-refractivity contribution in [3.8, 4) is 0 Å². The summed E-state index contributed by atoms with van der Waals surface area (Å²) in [4.78, 5) is 13.0. The zero-order valence-corrected chi connectivity index (χ0v) is 7.25. The number of carbonyl (C=O) groups is 1. The molecule has 1 amide bonds. The van der Waals surface area contributed by atoms with Gasteiger partial charge in [0, 0.05) is 32.6 Å². The molecule has 4 nitrogen and oxygen atoms in total. The van der Waals surface area contributed by atoms with Crippen LogP contribution in [0.15, 0.2) is 0 Å². The first-order valence-electron chi connectivity index (χ1n) is 4.44. The molecule has 0 aliphatic carbocycles. The van der Waals surface area contributed by atoms with Crippen molar-refractivity contribution in [3.63, 3.8) is 0 Å². The van der Waals surface area contributed by atoms with Gasteiger partial charge in [-0.25, -0.2) is 0 Å². The number of nitrogens with zero attached hydrogens (tertiary/aromatic N) is 1. The third-order valence-electron chi connectivity index (χ3n) is 2.02. The molecule has 1 aliphatic heterocycles. The molecule has 0 aromatic carbocycles. The minimum atomic E-state index is 0.161. The Labute approximate surface area is 72.6 Å². The Bertz CT molecular complexity index is 150. The van der Waals surface area contributed by atoms with Crippen molar-refractivity contribution in [1.29, 1.82) is 0 Å². The van der Waals surface area contributed by atoms with Crippen molar-refractivity contribution in [1.82, 2.24) is 10.2 Å². The fourth-order valence-corrected chi connectivity index (χ4v) is 1.36.